The molecule has 0 heterocycles. The van der Waals surface area contributed by atoms with Crippen molar-refractivity contribution in [3.8, 4) is 0 Å². The summed E-state index contributed by atoms with van der Waals surface area (Å²) in [6, 6.07) is 0. The minimum atomic E-state index is -0.277. The molecule has 0 unspecified atom stereocenters. The van der Waals surface area contributed by atoms with Gasteiger partial charge in [0.25, 0.3) is 0 Å². The standard InChI is InChI=1S/C6H9IO2/c1-3-5(7)4-6(8)9-2/h4H,3H2,1-2H3/b5-4-. The van der Waals surface area contributed by atoms with Crippen LogP contribution in [0.25, 0.3) is 0 Å². The van der Waals surface area contributed by atoms with Crippen LogP contribution < -0.4 is 0 Å². The normalized spacial score (nSPS) is 11.2. The quantitative estimate of drug-likeness (QED) is 0.418. The molecule has 0 radical (unpaired) electrons. The molecule has 0 bridgehead atoms. The number of hydrogen-bond acceptors (Lipinski definition) is 2. The topological polar surface area (TPSA) is 26.3 Å². The Balaban J connectivity index is 3.79. The number of esters is 1. The van der Waals surface area contributed by atoms with Crippen LogP contribution in [0.2, 0.25) is 0 Å². The number of methoxy groups -OCH3 is 1. The summed E-state index contributed by atoms with van der Waals surface area (Å²) < 4.78 is 5.42. The fourth-order valence-electron chi connectivity index (χ4n) is 0.289. The number of halogens is 1. The molecule has 0 aromatic heterocycles. The average molecular weight is 240 g/mol. The maximum Gasteiger partial charge on any atom is 0.331 e. The first-order valence-electron chi connectivity index (χ1n) is 2.64. The molecule has 0 aromatic rings. The lowest BCUT2D eigenvalue weighted by atomic mass is 10.4. The van der Waals surface area contributed by atoms with Gasteiger partial charge in [-0.2, -0.15) is 0 Å². The van der Waals surface area contributed by atoms with Crippen molar-refractivity contribution in [2.45, 2.75) is 13.3 Å². The minimum absolute atomic E-state index is 0.277. The number of ether oxygens (including phenoxy) is 1. The summed E-state index contributed by atoms with van der Waals surface area (Å²) in [5, 5.41) is 0. The van der Waals surface area contributed by atoms with Gasteiger partial charge in [-0.1, -0.05) is 6.92 Å². The molecule has 0 atom stereocenters. The number of rotatable bonds is 2. The zero-order valence-electron chi connectivity index (χ0n) is 5.48. The van der Waals surface area contributed by atoms with Gasteiger partial charge in [-0.25, -0.2) is 4.79 Å². The van der Waals surface area contributed by atoms with E-state index in [0.29, 0.717) is 0 Å². The third-order valence-electron chi connectivity index (χ3n) is 0.813. The second kappa shape index (κ2) is 4.78. The van der Waals surface area contributed by atoms with Crippen molar-refractivity contribution in [2.24, 2.45) is 0 Å². The van der Waals surface area contributed by atoms with Gasteiger partial charge in [0, 0.05) is 6.08 Å². The summed E-state index contributed by atoms with van der Waals surface area (Å²) in [5.41, 5.74) is 0. The van der Waals surface area contributed by atoms with Crippen LogP contribution in [-0.2, 0) is 9.53 Å². The molecule has 0 amide bonds. The zero-order chi connectivity index (χ0) is 7.28. The van der Waals surface area contributed by atoms with E-state index in [4.69, 9.17) is 0 Å². The molecule has 0 saturated carbocycles. The molecule has 3 heteroatoms. The molecule has 52 valence electrons. The summed E-state index contributed by atoms with van der Waals surface area (Å²) >= 11 is 2.10. The number of carbonyl (C=O) groups excluding carboxylic acids is 1. The van der Waals surface area contributed by atoms with E-state index in [1.165, 1.54) is 13.2 Å². The summed E-state index contributed by atoms with van der Waals surface area (Å²) in [5.74, 6) is -0.277. The molecule has 0 aliphatic heterocycles. The number of allylic oxidation sites excluding steroid dienone is 1. The average Bonchev–Trinajstić information content (AvgIpc) is 1.87. The Morgan fingerprint density at radius 3 is 2.67 bits per heavy atom. The first-order chi connectivity index (χ1) is 4.20. The van der Waals surface area contributed by atoms with Crippen molar-refractivity contribution in [2.75, 3.05) is 7.11 Å². The molecule has 2 nitrogen and oxygen atoms in total. The van der Waals surface area contributed by atoms with Gasteiger partial charge in [-0.3, -0.25) is 0 Å². The Hall–Kier alpha value is -0.0600. The molecule has 9 heavy (non-hydrogen) atoms. The molecule has 0 aromatic carbocycles. The molecular weight excluding hydrogens is 231 g/mol. The van der Waals surface area contributed by atoms with E-state index in [9.17, 15) is 4.79 Å². The van der Waals surface area contributed by atoms with E-state index in [1.807, 2.05) is 6.92 Å². The van der Waals surface area contributed by atoms with Gasteiger partial charge in [-0.05, 0) is 32.6 Å². The Morgan fingerprint density at radius 2 is 2.33 bits per heavy atom. The SMILES string of the molecule is CC/C(I)=C/C(=O)OC. The van der Waals surface area contributed by atoms with Gasteiger partial charge in [0.15, 0.2) is 0 Å². The highest BCUT2D eigenvalue weighted by molar-refractivity contribution is 14.1. The van der Waals surface area contributed by atoms with E-state index >= 15 is 0 Å². The predicted molar refractivity (Wildman–Crippen MR) is 44.4 cm³/mol. The van der Waals surface area contributed by atoms with E-state index in [1.54, 1.807) is 0 Å². The largest absolute Gasteiger partial charge is 0.466 e. The molecule has 0 saturated heterocycles. The number of carbonyl (C=O) groups is 1. The zero-order valence-corrected chi connectivity index (χ0v) is 7.64. The second-order valence-corrected chi connectivity index (χ2v) is 2.85. The van der Waals surface area contributed by atoms with E-state index in [2.05, 4.69) is 27.3 Å². The van der Waals surface area contributed by atoms with Crippen LogP contribution in [0.15, 0.2) is 9.66 Å². The van der Waals surface area contributed by atoms with Gasteiger partial charge < -0.3 is 4.74 Å². The summed E-state index contributed by atoms with van der Waals surface area (Å²) in [7, 11) is 1.37. The lowest BCUT2D eigenvalue weighted by Gasteiger charge is -1.91. The van der Waals surface area contributed by atoms with E-state index in [0.717, 1.165) is 10.0 Å². The van der Waals surface area contributed by atoms with Crippen LogP contribution in [0, 0.1) is 0 Å². The third kappa shape index (κ3) is 4.44. The fraction of sp³-hybridized carbons (Fsp3) is 0.500. The molecule has 0 aliphatic carbocycles. The fourth-order valence-corrected chi connectivity index (χ4v) is 0.543. The predicted octanol–water partition coefficient (Wildman–Crippen LogP) is 1.89. The van der Waals surface area contributed by atoms with Crippen molar-refractivity contribution in [3.63, 3.8) is 0 Å². The monoisotopic (exact) mass is 240 g/mol. The molecule has 0 rings (SSSR count). The minimum Gasteiger partial charge on any atom is -0.466 e. The van der Waals surface area contributed by atoms with Crippen LogP contribution in [0.4, 0.5) is 0 Å². The highest BCUT2D eigenvalue weighted by Crippen LogP contribution is 2.09. The molecular formula is C6H9IO2. The van der Waals surface area contributed by atoms with Gasteiger partial charge in [0.1, 0.15) is 0 Å². The molecule has 0 aliphatic rings. The summed E-state index contributed by atoms with van der Waals surface area (Å²) in [6.45, 7) is 1.99. The Bertz CT molecular complexity index is 129. The summed E-state index contributed by atoms with van der Waals surface area (Å²) in [4.78, 5) is 10.5. The summed E-state index contributed by atoms with van der Waals surface area (Å²) in [6.07, 6.45) is 2.37. The van der Waals surface area contributed by atoms with Gasteiger partial charge in [0.05, 0.1) is 7.11 Å². The Kier molecular flexibility index (Phi) is 4.75. The maximum atomic E-state index is 10.5. The van der Waals surface area contributed by atoms with Gasteiger partial charge in [-0.15, -0.1) is 0 Å². The van der Waals surface area contributed by atoms with Crippen LogP contribution >= 0.6 is 22.6 Å². The third-order valence-corrected chi connectivity index (χ3v) is 1.89. The molecule has 0 fully saturated rings. The van der Waals surface area contributed by atoms with Crippen molar-refractivity contribution in [3.05, 3.63) is 9.66 Å². The van der Waals surface area contributed by atoms with Crippen molar-refractivity contribution in [1.82, 2.24) is 0 Å². The van der Waals surface area contributed by atoms with Crippen molar-refractivity contribution in [1.29, 1.82) is 0 Å². The van der Waals surface area contributed by atoms with Crippen molar-refractivity contribution >= 4 is 28.6 Å². The van der Waals surface area contributed by atoms with Crippen LogP contribution in [0.1, 0.15) is 13.3 Å². The van der Waals surface area contributed by atoms with Gasteiger partial charge in [0.2, 0.25) is 0 Å². The van der Waals surface area contributed by atoms with Crippen molar-refractivity contribution < 1.29 is 9.53 Å². The van der Waals surface area contributed by atoms with Crippen LogP contribution in [0.5, 0.6) is 0 Å². The highest BCUT2D eigenvalue weighted by Gasteiger charge is 1.93. The van der Waals surface area contributed by atoms with E-state index in [-0.39, 0.29) is 5.97 Å². The van der Waals surface area contributed by atoms with Crippen LogP contribution in [0.3, 0.4) is 0 Å². The lowest BCUT2D eigenvalue weighted by molar-refractivity contribution is -0.134. The molecule has 0 spiro atoms. The first-order valence-corrected chi connectivity index (χ1v) is 3.72. The maximum absolute atomic E-state index is 10.5. The highest BCUT2D eigenvalue weighted by atomic mass is 127. The number of hydrogen-bond donors (Lipinski definition) is 0. The lowest BCUT2D eigenvalue weighted by Crippen LogP contribution is -1.94. The van der Waals surface area contributed by atoms with Gasteiger partial charge >= 0.3 is 5.97 Å². The second-order valence-electron chi connectivity index (χ2n) is 1.47. The first kappa shape index (κ1) is 8.94. The molecule has 0 N–H and O–H groups in total. The Labute approximate surface area is 68.4 Å². The van der Waals surface area contributed by atoms with Crippen LogP contribution in [-0.4, -0.2) is 13.1 Å². The Morgan fingerprint density at radius 1 is 1.78 bits per heavy atom. The van der Waals surface area contributed by atoms with E-state index < -0.39 is 0 Å². The smallest absolute Gasteiger partial charge is 0.331 e.